The van der Waals surface area contributed by atoms with E-state index in [1.54, 1.807) is 0 Å². The van der Waals surface area contributed by atoms with Gasteiger partial charge >= 0.3 is 0 Å². The zero-order valence-corrected chi connectivity index (χ0v) is 17.7. The van der Waals surface area contributed by atoms with Crippen molar-refractivity contribution in [3.63, 3.8) is 0 Å². The average Bonchev–Trinajstić information content (AvgIpc) is 3.22. The Morgan fingerprint density at radius 3 is 2.29 bits per heavy atom. The number of amides is 1. The van der Waals surface area contributed by atoms with E-state index in [9.17, 15) is 4.79 Å². The van der Waals surface area contributed by atoms with Crippen LogP contribution < -0.4 is 9.47 Å². The van der Waals surface area contributed by atoms with Crippen molar-refractivity contribution in [2.24, 2.45) is 0 Å². The van der Waals surface area contributed by atoms with E-state index in [-0.39, 0.29) is 12.5 Å². The van der Waals surface area contributed by atoms with Gasteiger partial charge in [-0.3, -0.25) is 14.8 Å². The minimum atomic E-state index is -0.00204. The standard InChI is InChI=1S/C23H27N5O3/c1-18-24-22(26-25-18)15-27-11-13-28(14-12-27)23(29)17-31-21-9-7-20(8-10-21)30-16-19-5-3-2-4-6-19/h2-10H,11-17H2,1H3,(H,24,25,26). The van der Waals surface area contributed by atoms with Crippen LogP contribution >= 0.6 is 0 Å². The SMILES string of the molecule is Cc1nc(CN2CCN(C(=O)COc3ccc(OCc4ccccc4)cc3)CC2)n[nH]1. The van der Waals surface area contributed by atoms with Gasteiger partial charge in [0, 0.05) is 26.2 Å². The van der Waals surface area contributed by atoms with E-state index in [0.29, 0.717) is 32.0 Å². The number of aromatic amines is 1. The maximum Gasteiger partial charge on any atom is 0.260 e. The molecule has 4 rings (SSSR count). The van der Waals surface area contributed by atoms with Crippen LogP contribution in [0, 0.1) is 6.92 Å². The summed E-state index contributed by atoms with van der Waals surface area (Å²) in [6.45, 7) is 6.08. The van der Waals surface area contributed by atoms with E-state index in [4.69, 9.17) is 9.47 Å². The first-order valence-electron chi connectivity index (χ1n) is 10.4. The Bertz CT molecular complexity index is 966. The molecule has 0 radical (unpaired) electrons. The molecule has 1 aliphatic heterocycles. The molecular weight excluding hydrogens is 394 g/mol. The van der Waals surface area contributed by atoms with Gasteiger partial charge in [-0.15, -0.1) is 0 Å². The molecule has 8 heteroatoms. The maximum atomic E-state index is 12.5. The van der Waals surface area contributed by atoms with Gasteiger partial charge in [0.15, 0.2) is 12.4 Å². The van der Waals surface area contributed by atoms with Crippen LogP contribution in [-0.4, -0.2) is 63.7 Å². The van der Waals surface area contributed by atoms with Gasteiger partial charge in [-0.05, 0) is 36.8 Å². The lowest BCUT2D eigenvalue weighted by atomic mass is 10.2. The second kappa shape index (κ2) is 10.1. The third-order valence-electron chi connectivity index (χ3n) is 5.17. The molecule has 8 nitrogen and oxygen atoms in total. The summed E-state index contributed by atoms with van der Waals surface area (Å²) in [5, 5.41) is 7.03. The van der Waals surface area contributed by atoms with E-state index in [0.717, 1.165) is 36.1 Å². The Morgan fingerprint density at radius 2 is 1.65 bits per heavy atom. The Hall–Kier alpha value is -3.39. The third-order valence-corrected chi connectivity index (χ3v) is 5.17. The molecule has 0 bridgehead atoms. The lowest BCUT2D eigenvalue weighted by Crippen LogP contribution is -2.49. The number of hydrogen-bond donors (Lipinski definition) is 1. The van der Waals surface area contributed by atoms with Gasteiger partial charge in [-0.2, -0.15) is 5.10 Å². The Labute approximate surface area is 181 Å². The monoisotopic (exact) mass is 421 g/mol. The molecule has 0 atom stereocenters. The number of nitrogens with zero attached hydrogens (tertiary/aromatic N) is 4. The Balaban J connectivity index is 1.17. The topological polar surface area (TPSA) is 83.6 Å². The first-order chi connectivity index (χ1) is 15.2. The predicted octanol–water partition coefficient (Wildman–Crippen LogP) is 2.42. The van der Waals surface area contributed by atoms with Gasteiger partial charge in [0.25, 0.3) is 5.91 Å². The van der Waals surface area contributed by atoms with Crippen LogP contribution in [0.25, 0.3) is 0 Å². The van der Waals surface area contributed by atoms with Gasteiger partial charge in [0.2, 0.25) is 0 Å². The van der Waals surface area contributed by atoms with E-state index in [2.05, 4.69) is 20.1 Å². The number of H-pyrrole nitrogens is 1. The van der Waals surface area contributed by atoms with E-state index in [1.165, 1.54) is 0 Å². The molecule has 1 amide bonds. The third kappa shape index (κ3) is 6.05. The summed E-state index contributed by atoms with van der Waals surface area (Å²) >= 11 is 0. The van der Waals surface area contributed by atoms with Crippen molar-refractivity contribution in [3.8, 4) is 11.5 Å². The number of ether oxygens (including phenoxy) is 2. The number of hydrogen-bond acceptors (Lipinski definition) is 6. The highest BCUT2D eigenvalue weighted by Crippen LogP contribution is 2.19. The van der Waals surface area contributed by atoms with Crippen molar-refractivity contribution in [2.45, 2.75) is 20.1 Å². The molecule has 0 saturated carbocycles. The van der Waals surface area contributed by atoms with Crippen LogP contribution in [0.5, 0.6) is 11.5 Å². The summed E-state index contributed by atoms with van der Waals surface area (Å²) in [6.07, 6.45) is 0. The lowest BCUT2D eigenvalue weighted by Gasteiger charge is -2.34. The van der Waals surface area contributed by atoms with Crippen LogP contribution in [0.3, 0.4) is 0 Å². The Kier molecular flexibility index (Phi) is 6.78. The minimum absolute atomic E-state index is 0.00204. The van der Waals surface area contributed by atoms with Crippen LogP contribution in [0.4, 0.5) is 0 Å². The molecule has 162 valence electrons. The number of nitrogens with one attached hydrogen (secondary N) is 1. The molecule has 2 aromatic carbocycles. The molecule has 1 fully saturated rings. The molecule has 1 N–H and O–H groups in total. The molecule has 0 spiro atoms. The molecule has 1 saturated heterocycles. The summed E-state index contributed by atoms with van der Waals surface area (Å²) in [4.78, 5) is 20.9. The molecule has 0 unspecified atom stereocenters. The van der Waals surface area contributed by atoms with Crippen LogP contribution in [0.15, 0.2) is 54.6 Å². The summed E-state index contributed by atoms with van der Waals surface area (Å²) in [6, 6.07) is 17.4. The highest BCUT2D eigenvalue weighted by atomic mass is 16.5. The summed E-state index contributed by atoms with van der Waals surface area (Å²) in [5.41, 5.74) is 1.12. The van der Waals surface area contributed by atoms with Gasteiger partial charge in [-0.25, -0.2) is 4.98 Å². The Morgan fingerprint density at radius 1 is 0.968 bits per heavy atom. The molecule has 1 aliphatic rings. The molecular formula is C23H27N5O3. The minimum Gasteiger partial charge on any atom is -0.489 e. The fourth-order valence-electron chi connectivity index (χ4n) is 3.42. The first kappa shape index (κ1) is 20.9. The molecule has 2 heterocycles. The lowest BCUT2D eigenvalue weighted by molar-refractivity contribution is -0.135. The fourth-order valence-corrected chi connectivity index (χ4v) is 3.42. The average molecular weight is 422 g/mol. The van der Waals surface area contributed by atoms with Crippen molar-refractivity contribution in [1.29, 1.82) is 0 Å². The zero-order valence-electron chi connectivity index (χ0n) is 17.7. The normalized spacial score (nSPS) is 14.4. The number of aryl methyl sites for hydroxylation is 1. The van der Waals surface area contributed by atoms with Crippen molar-refractivity contribution in [1.82, 2.24) is 25.0 Å². The number of benzene rings is 2. The second-order valence-corrected chi connectivity index (χ2v) is 7.53. The summed E-state index contributed by atoms with van der Waals surface area (Å²) in [7, 11) is 0. The van der Waals surface area contributed by atoms with Gasteiger partial charge in [0.05, 0.1) is 6.54 Å². The fraction of sp³-hybridized carbons (Fsp3) is 0.348. The quantitative estimate of drug-likeness (QED) is 0.601. The van der Waals surface area contributed by atoms with Gasteiger partial charge in [0.1, 0.15) is 23.9 Å². The van der Waals surface area contributed by atoms with Crippen LogP contribution in [-0.2, 0) is 17.9 Å². The van der Waals surface area contributed by atoms with E-state index < -0.39 is 0 Å². The van der Waals surface area contributed by atoms with Crippen molar-refractivity contribution >= 4 is 5.91 Å². The highest BCUT2D eigenvalue weighted by Gasteiger charge is 2.22. The van der Waals surface area contributed by atoms with Crippen molar-refractivity contribution in [2.75, 3.05) is 32.8 Å². The summed E-state index contributed by atoms with van der Waals surface area (Å²) < 4.78 is 11.5. The maximum absolute atomic E-state index is 12.5. The number of piperazine rings is 1. The van der Waals surface area contributed by atoms with Crippen molar-refractivity contribution < 1.29 is 14.3 Å². The first-order valence-corrected chi connectivity index (χ1v) is 10.4. The highest BCUT2D eigenvalue weighted by molar-refractivity contribution is 5.77. The van der Waals surface area contributed by atoms with Crippen LogP contribution in [0.2, 0.25) is 0 Å². The number of rotatable bonds is 8. The van der Waals surface area contributed by atoms with E-state index >= 15 is 0 Å². The second-order valence-electron chi connectivity index (χ2n) is 7.53. The largest absolute Gasteiger partial charge is 0.489 e. The van der Waals surface area contributed by atoms with Gasteiger partial charge < -0.3 is 14.4 Å². The summed E-state index contributed by atoms with van der Waals surface area (Å²) in [5.74, 6) is 3.02. The number of aromatic nitrogens is 3. The van der Waals surface area contributed by atoms with Crippen molar-refractivity contribution in [3.05, 3.63) is 71.8 Å². The number of carbonyl (C=O) groups is 1. The molecule has 1 aromatic heterocycles. The molecule has 0 aliphatic carbocycles. The van der Waals surface area contributed by atoms with Crippen LogP contribution in [0.1, 0.15) is 17.2 Å². The number of carbonyl (C=O) groups excluding carboxylic acids is 1. The predicted molar refractivity (Wildman–Crippen MR) is 116 cm³/mol. The molecule has 3 aromatic rings. The van der Waals surface area contributed by atoms with E-state index in [1.807, 2.05) is 66.4 Å². The smallest absolute Gasteiger partial charge is 0.260 e. The van der Waals surface area contributed by atoms with Gasteiger partial charge in [-0.1, -0.05) is 30.3 Å². The molecule has 31 heavy (non-hydrogen) atoms. The zero-order chi connectivity index (χ0) is 21.5.